The molecule has 0 bridgehead atoms. The van der Waals surface area contributed by atoms with Crippen LogP contribution in [0.1, 0.15) is 72.3 Å². The summed E-state index contributed by atoms with van der Waals surface area (Å²) >= 11 is 0. The molecule has 0 N–H and O–H groups in total. The molecule has 1 atom stereocenters. The highest BCUT2D eigenvalue weighted by atomic mass is 14.2. The highest BCUT2D eigenvalue weighted by Crippen LogP contribution is 2.30. The largest absolute Gasteiger partial charge is 0.0622 e. The molecule has 0 heteroatoms. The van der Waals surface area contributed by atoms with Crippen LogP contribution in [0, 0.1) is 13.8 Å². The first-order chi connectivity index (χ1) is 13.7. The molecule has 0 fully saturated rings. The fourth-order valence-electron chi connectivity index (χ4n) is 3.97. The minimum Gasteiger partial charge on any atom is -0.0622 e. The fourth-order valence-corrected chi connectivity index (χ4v) is 3.97. The predicted octanol–water partition coefficient (Wildman–Crippen LogP) is 8.02. The van der Waals surface area contributed by atoms with Gasteiger partial charge in [-0.3, -0.25) is 0 Å². The lowest BCUT2D eigenvalue weighted by atomic mass is 9.86. The van der Waals surface area contributed by atoms with Crippen LogP contribution >= 0.6 is 0 Å². The van der Waals surface area contributed by atoms with Gasteiger partial charge in [0.2, 0.25) is 0 Å². The van der Waals surface area contributed by atoms with Crippen molar-refractivity contribution in [1.29, 1.82) is 0 Å². The summed E-state index contributed by atoms with van der Waals surface area (Å²) in [4.78, 5) is 0. The number of aryl methyl sites for hydroxylation is 3. The highest BCUT2D eigenvalue weighted by molar-refractivity contribution is 5.33. The average Bonchev–Trinajstić information content (AvgIpc) is 2.73. The third kappa shape index (κ3) is 6.37. The number of hydrogen-bond acceptors (Lipinski definition) is 0. The van der Waals surface area contributed by atoms with Crippen LogP contribution in [0.3, 0.4) is 0 Å². The molecule has 3 aromatic rings. The van der Waals surface area contributed by atoms with Gasteiger partial charge in [0.15, 0.2) is 0 Å². The molecule has 0 saturated carbocycles. The molecule has 3 rings (SSSR count). The molecule has 0 aliphatic rings. The van der Waals surface area contributed by atoms with Gasteiger partial charge in [-0.05, 0) is 49.8 Å². The predicted molar refractivity (Wildman–Crippen MR) is 122 cm³/mol. The van der Waals surface area contributed by atoms with E-state index >= 15 is 0 Å². The van der Waals surface area contributed by atoms with Crippen molar-refractivity contribution in [3.8, 4) is 0 Å². The molecule has 1 unspecified atom stereocenters. The van der Waals surface area contributed by atoms with Gasteiger partial charge in [0.05, 0.1) is 0 Å². The van der Waals surface area contributed by atoms with Gasteiger partial charge in [0, 0.05) is 5.92 Å². The first kappa shape index (κ1) is 20.4. The zero-order valence-corrected chi connectivity index (χ0v) is 17.5. The summed E-state index contributed by atoms with van der Waals surface area (Å²) in [6, 6.07) is 29.2. The molecule has 0 nitrogen and oxygen atoms in total. The lowest BCUT2D eigenvalue weighted by Crippen LogP contribution is -2.01. The highest BCUT2D eigenvalue weighted by Gasteiger charge is 2.13. The fraction of sp³-hybridized carbons (Fsp3) is 0.357. The van der Waals surface area contributed by atoms with Crippen LogP contribution in [0.2, 0.25) is 0 Å². The monoisotopic (exact) mass is 370 g/mol. The second kappa shape index (κ2) is 10.9. The van der Waals surface area contributed by atoms with E-state index in [1.54, 1.807) is 0 Å². The third-order valence-electron chi connectivity index (χ3n) is 5.76. The Morgan fingerprint density at radius 1 is 0.536 bits per heavy atom. The van der Waals surface area contributed by atoms with Crippen molar-refractivity contribution in [2.45, 2.75) is 64.7 Å². The summed E-state index contributed by atoms with van der Waals surface area (Å²) in [5, 5.41) is 0. The molecule has 0 radical (unpaired) electrons. The van der Waals surface area contributed by atoms with Gasteiger partial charge in [0.25, 0.3) is 0 Å². The van der Waals surface area contributed by atoms with Crippen molar-refractivity contribution in [2.24, 2.45) is 0 Å². The van der Waals surface area contributed by atoms with Gasteiger partial charge in [-0.2, -0.15) is 0 Å². The summed E-state index contributed by atoms with van der Waals surface area (Å²) in [7, 11) is 0. The van der Waals surface area contributed by atoms with E-state index in [2.05, 4.69) is 92.7 Å². The molecule has 0 aliphatic heterocycles. The number of hydrogen-bond donors (Lipinski definition) is 0. The molecular formula is C28H34. The molecule has 0 saturated heterocycles. The maximum absolute atomic E-state index is 2.31. The average molecular weight is 371 g/mol. The van der Waals surface area contributed by atoms with E-state index in [0.29, 0.717) is 5.92 Å². The minimum atomic E-state index is 0.523. The van der Waals surface area contributed by atoms with Crippen LogP contribution in [0.4, 0.5) is 0 Å². The normalized spacial score (nSPS) is 12.1. The van der Waals surface area contributed by atoms with Gasteiger partial charge in [-0.15, -0.1) is 0 Å². The van der Waals surface area contributed by atoms with Gasteiger partial charge >= 0.3 is 0 Å². The molecule has 0 aliphatic carbocycles. The topological polar surface area (TPSA) is 0 Å². The second-order valence-electron chi connectivity index (χ2n) is 8.17. The summed E-state index contributed by atoms with van der Waals surface area (Å²) in [5.74, 6) is 0.523. The van der Waals surface area contributed by atoms with E-state index in [9.17, 15) is 0 Å². The van der Waals surface area contributed by atoms with E-state index in [1.807, 2.05) is 0 Å². The third-order valence-corrected chi connectivity index (χ3v) is 5.76. The zero-order valence-electron chi connectivity index (χ0n) is 17.5. The van der Waals surface area contributed by atoms with E-state index in [1.165, 1.54) is 72.8 Å². The first-order valence-electron chi connectivity index (χ1n) is 10.9. The standard InChI is InChI=1S/C28H34/c1-23-15-19-25(20-16-23)11-7-4-3-5-10-14-28(26-12-8-6-9-13-26)27-21-17-24(2)18-22-27/h6,8-9,12-13,15-22,28H,3-5,7,10-11,14H2,1-2H3. The Morgan fingerprint density at radius 2 is 1.07 bits per heavy atom. The number of benzene rings is 3. The molecular weight excluding hydrogens is 336 g/mol. The second-order valence-corrected chi connectivity index (χ2v) is 8.17. The minimum absolute atomic E-state index is 0.523. The van der Waals surface area contributed by atoms with Crippen LogP contribution in [0.15, 0.2) is 78.9 Å². The molecule has 0 aromatic heterocycles. The first-order valence-corrected chi connectivity index (χ1v) is 10.9. The van der Waals surface area contributed by atoms with E-state index < -0.39 is 0 Å². The number of unbranched alkanes of at least 4 members (excludes halogenated alkanes) is 4. The molecule has 0 amide bonds. The molecule has 146 valence electrons. The van der Waals surface area contributed by atoms with Crippen LogP contribution in [-0.4, -0.2) is 0 Å². The van der Waals surface area contributed by atoms with Crippen molar-refractivity contribution in [3.63, 3.8) is 0 Å². The lowest BCUT2D eigenvalue weighted by Gasteiger charge is -2.18. The van der Waals surface area contributed by atoms with Crippen molar-refractivity contribution in [1.82, 2.24) is 0 Å². The Balaban J connectivity index is 1.44. The Bertz CT molecular complexity index is 797. The molecule has 0 spiro atoms. The smallest absolute Gasteiger partial charge is 0.00893 e. The maximum atomic E-state index is 2.31. The van der Waals surface area contributed by atoms with Crippen LogP contribution in [0.5, 0.6) is 0 Å². The number of rotatable bonds is 10. The van der Waals surface area contributed by atoms with Crippen LogP contribution in [-0.2, 0) is 6.42 Å². The SMILES string of the molecule is Cc1ccc(CCCCCCCC(c2ccccc2)c2ccc(C)cc2)cc1. The summed E-state index contributed by atoms with van der Waals surface area (Å²) in [6.45, 7) is 4.32. The van der Waals surface area contributed by atoms with Crippen molar-refractivity contribution >= 4 is 0 Å². The van der Waals surface area contributed by atoms with Crippen molar-refractivity contribution in [3.05, 3.63) is 107 Å². The van der Waals surface area contributed by atoms with Gasteiger partial charge < -0.3 is 0 Å². The summed E-state index contributed by atoms with van der Waals surface area (Å²) in [6.07, 6.45) is 9.10. The maximum Gasteiger partial charge on any atom is 0.00893 e. The van der Waals surface area contributed by atoms with Gasteiger partial charge in [0.1, 0.15) is 0 Å². The Kier molecular flexibility index (Phi) is 7.91. The zero-order chi connectivity index (χ0) is 19.6. The van der Waals surface area contributed by atoms with Gasteiger partial charge in [-0.25, -0.2) is 0 Å². The Hall–Kier alpha value is -2.34. The lowest BCUT2D eigenvalue weighted by molar-refractivity contribution is 0.571. The van der Waals surface area contributed by atoms with Crippen molar-refractivity contribution < 1.29 is 0 Å². The van der Waals surface area contributed by atoms with Crippen LogP contribution < -0.4 is 0 Å². The molecule has 28 heavy (non-hydrogen) atoms. The van der Waals surface area contributed by atoms with E-state index in [-0.39, 0.29) is 0 Å². The molecule has 0 heterocycles. The Morgan fingerprint density at radius 3 is 1.75 bits per heavy atom. The van der Waals surface area contributed by atoms with Gasteiger partial charge in [-0.1, -0.05) is 116 Å². The quantitative estimate of drug-likeness (QED) is 0.317. The van der Waals surface area contributed by atoms with E-state index in [0.717, 1.165) is 0 Å². The summed E-state index contributed by atoms with van der Waals surface area (Å²) < 4.78 is 0. The Labute approximate surface area is 171 Å². The summed E-state index contributed by atoms with van der Waals surface area (Å²) in [5.41, 5.74) is 7.07. The van der Waals surface area contributed by atoms with Crippen molar-refractivity contribution in [2.75, 3.05) is 0 Å². The molecule has 3 aromatic carbocycles. The van der Waals surface area contributed by atoms with Crippen LogP contribution in [0.25, 0.3) is 0 Å². The van der Waals surface area contributed by atoms with E-state index in [4.69, 9.17) is 0 Å².